The van der Waals surface area contributed by atoms with Crippen LogP contribution in [0.4, 0.5) is 5.00 Å². The van der Waals surface area contributed by atoms with Crippen LogP contribution in [0.15, 0.2) is 18.2 Å². The summed E-state index contributed by atoms with van der Waals surface area (Å²) in [5.41, 5.74) is 1.21. The van der Waals surface area contributed by atoms with Crippen LogP contribution in [0, 0.1) is 13.8 Å². The summed E-state index contributed by atoms with van der Waals surface area (Å²) in [6.07, 6.45) is 3.38. The van der Waals surface area contributed by atoms with E-state index in [-0.39, 0.29) is 18.4 Å². The zero-order valence-electron chi connectivity index (χ0n) is 13.6. The predicted molar refractivity (Wildman–Crippen MR) is 90.4 cm³/mol. The Morgan fingerprint density at radius 3 is 2.64 bits per heavy atom. The van der Waals surface area contributed by atoms with Gasteiger partial charge in [-0.05, 0) is 39.6 Å². The maximum atomic E-state index is 12.3. The highest BCUT2D eigenvalue weighted by molar-refractivity contribution is 7.16. The van der Waals surface area contributed by atoms with E-state index in [4.69, 9.17) is 0 Å². The van der Waals surface area contributed by atoms with Gasteiger partial charge >= 0.3 is 0 Å². The lowest BCUT2D eigenvalue weighted by Crippen LogP contribution is -2.51. The van der Waals surface area contributed by atoms with E-state index in [2.05, 4.69) is 13.8 Å². The summed E-state index contributed by atoms with van der Waals surface area (Å²) in [4.78, 5) is 31.0. The minimum atomic E-state index is -0.0895. The van der Waals surface area contributed by atoms with E-state index in [1.54, 1.807) is 27.2 Å². The Morgan fingerprint density at radius 1 is 1.36 bits per heavy atom. The molecule has 0 spiro atoms. The van der Waals surface area contributed by atoms with Crippen molar-refractivity contribution in [2.24, 2.45) is 0 Å². The van der Waals surface area contributed by atoms with E-state index in [9.17, 15) is 9.59 Å². The zero-order chi connectivity index (χ0) is 16.3. The largest absolute Gasteiger partial charge is 0.328 e. The molecule has 0 saturated carbocycles. The first kappa shape index (κ1) is 16.7. The third-order valence-corrected chi connectivity index (χ3v) is 4.86. The number of amides is 2. The first-order valence-electron chi connectivity index (χ1n) is 7.36. The lowest BCUT2D eigenvalue weighted by Gasteiger charge is -2.33. The molecular weight excluding hydrogens is 298 g/mol. The summed E-state index contributed by atoms with van der Waals surface area (Å²) in [5.74, 6) is -0.102. The SMILES string of the molecule is Cc1cc(N2CCN(C(=O)/C=C/CN(C)C)CC2=O)sc1C. The number of piperazine rings is 1. The second-order valence-corrected chi connectivity index (χ2v) is 7.03. The van der Waals surface area contributed by atoms with Crippen molar-refractivity contribution in [3.8, 4) is 0 Å². The van der Waals surface area contributed by atoms with Gasteiger partial charge in [0.25, 0.3) is 0 Å². The van der Waals surface area contributed by atoms with Gasteiger partial charge in [0.15, 0.2) is 0 Å². The van der Waals surface area contributed by atoms with Gasteiger partial charge in [-0.3, -0.25) is 9.59 Å². The van der Waals surface area contributed by atoms with Crippen molar-refractivity contribution in [2.75, 3.05) is 45.2 Å². The molecule has 0 atom stereocenters. The van der Waals surface area contributed by atoms with Crippen LogP contribution in [-0.2, 0) is 9.59 Å². The Kier molecular flexibility index (Phi) is 5.37. The average Bonchev–Trinajstić information content (AvgIpc) is 2.77. The number of rotatable bonds is 4. The average molecular weight is 321 g/mol. The Balaban J connectivity index is 1.96. The van der Waals surface area contributed by atoms with Crippen LogP contribution < -0.4 is 4.90 Å². The van der Waals surface area contributed by atoms with Crippen molar-refractivity contribution in [3.63, 3.8) is 0 Å². The monoisotopic (exact) mass is 321 g/mol. The molecule has 1 aliphatic rings. The van der Waals surface area contributed by atoms with Gasteiger partial charge in [-0.15, -0.1) is 11.3 Å². The molecular formula is C16H23N3O2S. The van der Waals surface area contributed by atoms with Crippen molar-refractivity contribution in [2.45, 2.75) is 13.8 Å². The Labute approximate surface area is 135 Å². The number of hydrogen-bond donors (Lipinski definition) is 0. The third-order valence-electron chi connectivity index (χ3n) is 3.68. The number of carbonyl (C=O) groups is 2. The summed E-state index contributed by atoms with van der Waals surface area (Å²) in [5, 5.41) is 0.982. The summed E-state index contributed by atoms with van der Waals surface area (Å²) >= 11 is 1.63. The summed E-state index contributed by atoms with van der Waals surface area (Å²) in [7, 11) is 3.89. The van der Waals surface area contributed by atoms with E-state index >= 15 is 0 Å². The minimum Gasteiger partial charge on any atom is -0.328 e. The zero-order valence-corrected chi connectivity index (χ0v) is 14.4. The fraction of sp³-hybridized carbons (Fsp3) is 0.500. The molecule has 1 saturated heterocycles. The van der Waals surface area contributed by atoms with E-state index in [0.717, 1.165) is 5.00 Å². The molecule has 5 nitrogen and oxygen atoms in total. The van der Waals surface area contributed by atoms with Crippen LogP contribution in [-0.4, -0.2) is 61.9 Å². The molecule has 1 aromatic heterocycles. The van der Waals surface area contributed by atoms with Gasteiger partial charge in [0, 0.05) is 30.6 Å². The highest BCUT2D eigenvalue weighted by atomic mass is 32.1. The molecule has 6 heteroatoms. The molecule has 2 rings (SSSR count). The molecule has 1 fully saturated rings. The molecule has 0 bridgehead atoms. The van der Waals surface area contributed by atoms with Crippen molar-refractivity contribution in [1.29, 1.82) is 0 Å². The van der Waals surface area contributed by atoms with Crippen molar-refractivity contribution < 1.29 is 9.59 Å². The molecule has 0 unspecified atom stereocenters. The molecule has 0 aliphatic carbocycles. The smallest absolute Gasteiger partial charge is 0.247 e. The lowest BCUT2D eigenvalue weighted by atomic mass is 10.2. The van der Waals surface area contributed by atoms with Gasteiger partial charge in [0.05, 0.1) is 5.00 Å². The number of thiophene rings is 1. The molecule has 0 aromatic carbocycles. The van der Waals surface area contributed by atoms with Crippen LogP contribution in [0.1, 0.15) is 10.4 Å². The van der Waals surface area contributed by atoms with Crippen molar-refractivity contribution in [3.05, 3.63) is 28.7 Å². The fourth-order valence-electron chi connectivity index (χ4n) is 2.25. The molecule has 2 amide bonds. The van der Waals surface area contributed by atoms with Gasteiger partial charge in [0.2, 0.25) is 11.8 Å². The van der Waals surface area contributed by atoms with E-state index in [0.29, 0.717) is 19.6 Å². The van der Waals surface area contributed by atoms with E-state index in [1.165, 1.54) is 10.4 Å². The Bertz CT molecular complexity index is 573. The van der Waals surface area contributed by atoms with Crippen LogP contribution in [0.5, 0.6) is 0 Å². The highest BCUT2D eigenvalue weighted by Gasteiger charge is 2.28. The number of carbonyl (C=O) groups excluding carboxylic acids is 2. The van der Waals surface area contributed by atoms with E-state index in [1.807, 2.05) is 31.1 Å². The second kappa shape index (κ2) is 7.07. The number of nitrogens with zero attached hydrogens (tertiary/aromatic N) is 3. The number of anilines is 1. The third kappa shape index (κ3) is 3.96. The number of likely N-dealkylation sites (N-methyl/N-ethyl adjacent to an activating group) is 1. The first-order valence-corrected chi connectivity index (χ1v) is 8.17. The van der Waals surface area contributed by atoms with Crippen molar-refractivity contribution >= 4 is 28.2 Å². The number of aryl methyl sites for hydroxylation is 2. The Morgan fingerprint density at radius 2 is 2.09 bits per heavy atom. The van der Waals surface area contributed by atoms with Crippen LogP contribution in [0.3, 0.4) is 0 Å². The molecule has 1 aliphatic heterocycles. The van der Waals surface area contributed by atoms with E-state index < -0.39 is 0 Å². The molecule has 2 heterocycles. The second-order valence-electron chi connectivity index (χ2n) is 5.79. The first-order chi connectivity index (χ1) is 10.4. The lowest BCUT2D eigenvalue weighted by molar-refractivity contribution is -0.133. The van der Waals surface area contributed by atoms with Crippen LogP contribution in [0.25, 0.3) is 0 Å². The summed E-state index contributed by atoms with van der Waals surface area (Å²) in [6, 6.07) is 2.05. The molecule has 0 radical (unpaired) electrons. The van der Waals surface area contributed by atoms with Gasteiger partial charge in [0.1, 0.15) is 6.54 Å². The summed E-state index contributed by atoms with van der Waals surface area (Å²) in [6.45, 7) is 6.12. The summed E-state index contributed by atoms with van der Waals surface area (Å²) < 4.78 is 0. The fourth-order valence-corrected chi connectivity index (χ4v) is 3.32. The number of hydrogen-bond acceptors (Lipinski definition) is 4. The normalized spacial score (nSPS) is 16.1. The molecule has 120 valence electrons. The quantitative estimate of drug-likeness (QED) is 0.792. The van der Waals surface area contributed by atoms with Gasteiger partial charge in [-0.1, -0.05) is 6.08 Å². The molecule has 0 N–H and O–H groups in total. The topological polar surface area (TPSA) is 43.9 Å². The Hall–Kier alpha value is -1.66. The standard InChI is InChI=1S/C16H23N3O2S/c1-12-10-16(22-13(12)2)19-9-8-18(11-15(19)21)14(20)6-5-7-17(3)4/h5-6,10H,7-9,11H2,1-4H3/b6-5+. The van der Waals surface area contributed by atoms with Gasteiger partial charge in [-0.25, -0.2) is 0 Å². The molecule has 1 aromatic rings. The van der Waals surface area contributed by atoms with Crippen molar-refractivity contribution in [1.82, 2.24) is 9.80 Å². The predicted octanol–water partition coefficient (Wildman–Crippen LogP) is 1.66. The van der Waals surface area contributed by atoms with Crippen LogP contribution in [0.2, 0.25) is 0 Å². The maximum absolute atomic E-state index is 12.3. The maximum Gasteiger partial charge on any atom is 0.247 e. The van der Waals surface area contributed by atoms with Gasteiger partial charge in [-0.2, -0.15) is 0 Å². The minimum absolute atomic E-state index is 0.0122. The highest BCUT2D eigenvalue weighted by Crippen LogP contribution is 2.30. The molecule has 22 heavy (non-hydrogen) atoms. The van der Waals surface area contributed by atoms with Crippen LogP contribution >= 0.6 is 11.3 Å². The van der Waals surface area contributed by atoms with Gasteiger partial charge < -0.3 is 14.7 Å².